The molecule has 0 unspecified atom stereocenters. The molecule has 0 heterocycles. The van der Waals surface area contributed by atoms with Gasteiger partial charge in [-0.2, -0.15) is 13.2 Å². The molecule has 0 amide bonds. The first-order valence-corrected chi connectivity index (χ1v) is 4.62. The van der Waals surface area contributed by atoms with Crippen LogP contribution in [0.5, 0.6) is 0 Å². The average Bonchev–Trinajstić information content (AvgIpc) is 1.96. The van der Waals surface area contributed by atoms with Gasteiger partial charge in [-0.15, -0.1) is 0 Å². The van der Waals surface area contributed by atoms with E-state index >= 15 is 0 Å². The summed E-state index contributed by atoms with van der Waals surface area (Å²) < 4.78 is 41.8. The smallest absolute Gasteiger partial charge is 0.404 e. The molecule has 0 aliphatic rings. The molecule has 0 aromatic heterocycles. The lowest BCUT2D eigenvalue weighted by Crippen LogP contribution is -2.41. The van der Waals surface area contributed by atoms with Gasteiger partial charge in [-0.25, -0.2) is 0 Å². The van der Waals surface area contributed by atoms with Gasteiger partial charge < -0.3 is 4.74 Å². The van der Waals surface area contributed by atoms with Crippen molar-refractivity contribution >= 4 is 5.97 Å². The van der Waals surface area contributed by atoms with Gasteiger partial charge in [-0.3, -0.25) is 4.79 Å². The van der Waals surface area contributed by atoms with Crippen LogP contribution >= 0.6 is 0 Å². The first kappa shape index (κ1) is 14.3. The number of alkyl halides is 3. The topological polar surface area (TPSA) is 26.3 Å². The predicted octanol–water partition coefficient (Wildman–Crippen LogP) is 3.16. The Morgan fingerprint density at radius 3 is 1.73 bits per heavy atom. The maximum atomic E-state index is 12.4. The lowest BCUT2D eigenvalue weighted by molar-refractivity contribution is -0.226. The van der Waals surface area contributed by atoms with Gasteiger partial charge in [0, 0.05) is 0 Å². The lowest BCUT2D eigenvalue weighted by Gasteiger charge is -2.27. The van der Waals surface area contributed by atoms with E-state index < -0.39 is 17.6 Å². The first-order chi connectivity index (χ1) is 6.38. The van der Waals surface area contributed by atoms with Crippen molar-refractivity contribution in [1.82, 2.24) is 0 Å². The SMILES string of the molecule is CC(C)(C)COC(=O)C(C)(C)C(F)(F)F. The van der Waals surface area contributed by atoms with E-state index in [0.29, 0.717) is 0 Å². The molecule has 0 saturated carbocycles. The van der Waals surface area contributed by atoms with E-state index in [9.17, 15) is 18.0 Å². The summed E-state index contributed by atoms with van der Waals surface area (Å²) in [7, 11) is 0. The van der Waals surface area contributed by atoms with Crippen LogP contribution in [0.4, 0.5) is 13.2 Å². The van der Waals surface area contributed by atoms with E-state index in [1.165, 1.54) is 0 Å². The van der Waals surface area contributed by atoms with Crippen molar-refractivity contribution in [3.63, 3.8) is 0 Å². The number of esters is 1. The summed E-state index contributed by atoms with van der Waals surface area (Å²) in [6.07, 6.45) is -4.58. The summed E-state index contributed by atoms with van der Waals surface area (Å²) in [5.41, 5.74) is -2.78. The molecule has 0 saturated heterocycles. The Kier molecular flexibility index (Phi) is 3.82. The molecule has 0 aliphatic carbocycles. The maximum absolute atomic E-state index is 12.4. The van der Waals surface area contributed by atoms with Gasteiger partial charge in [0.15, 0.2) is 5.41 Å². The number of rotatable bonds is 2. The Morgan fingerprint density at radius 2 is 1.47 bits per heavy atom. The zero-order chi connectivity index (χ0) is 12.5. The highest BCUT2D eigenvalue weighted by molar-refractivity contribution is 5.76. The fourth-order valence-electron chi connectivity index (χ4n) is 0.578. The highest BCUT2D eigenvalue weighted by Gasteiger charge is 2.54. The molecule has 2 nitrogen and oxygen atoms in total. The van der Waals surface area contributed by atoms with Crippen LogP contribution in [0, 0.1) is 10.8 Å². The Hall–Kier alpha value is -0.740. The normalized spacial score (nSPS) is 13.9. The second kappa shape index (κ2) is 4.02. The third-order valence-corrected chi connectivity index (χ3v) is 1.86. The monoisotopic (exact) mass is 226 g/mol. The summed E-state index contributed by atoms with van der Waals surface area (Å²) >= 11 is 0. The van der Waals surface area contributed by atoms with Crippen LogP contribution in [0.1, 0.15) is 34.6 Å². The standard InChI is InChI=1S/C10H17F3O2/c1-8(2,3)6-15-7(14)9(4,5)10(11,12)13/h6H2,1-5H3. The molecular weight excluding hydrogens is 209 g/mol. The van der Waals surface area contributed by atoms with E-state index in [2.05, 4.69) is 4.74 Å². The number of hydrogen-bond donors (Lipinski definition) is 0. The van der Waals surface area contributed by atoms with Crippen molar-refractivity contribution in [3.05, 3.63) is 0 Å². The Morgan fingerprint density at radius 1 is 1.07 bits per heavy atom. The van der Waals surface area contributed by atoms with E-state index in [1.54, 1.807) is 20.8 Å². The number of hydrogen-bond acceptors (Lipinski definition) is 2. The summed E-state index contributed by atoms with van der Waals surface area (Å²) in [6, 6.07) is 0. The number of carbonyl (C=O) groups is 1. The molecule has 0 rings (SSSR count). The van der Waals surface area contributed by atoms with Crippen LogP contribution in [0.2, 0.25) is 0 Å². The largest absolute Gasteiger partial charge is 0.464 e. The van der Waals surface area contributed by atoms with Crippen LogP contribution in [0.15, 0.2) is 0 Å². The molecule has 15 heavy (non-hydrogen) atoms. The van der Waals surface area contributed by atoms with Crippen molar-refractivity contribution in [2.45, 2.75) is 40.8 Å². The summed E-state index contributed by atoms with van der Waals surface area (Å²) in [6.45, 7) is 6.95. The zero-order valence-corrected chi connectivity index (χ0v) is 9.66. The number of carbonyl (C=O) groups excluding carboxylic acids is 1. The maximum Gasteiger partial charge on any atom is 0.404 e. The molecule has 0 aromatic rings. The molecule has 90 valence electrons. The van der Waals surface area contributed by atoms with Gasteiger partial charge in [0.05, 0.1) is 6.61 Å². The highest BCUT2D eigenvalue weighted by atomic mass is 19.4. The minimum atomic E-state index is -4.58. The third kappa shape index (κ3) is 4.10. The van der Waals surface area contributed by atoms with Crippen LogP contribution in [0.25, 0.3) is 0 Å². The quantitative estimate of drug-likeness (QED) is 0.676. The molecule has 0 aliphatic heterocycles. The third-order valence-electron chi connectivity index (χ3n) is 1.86. The molecule has 0 radical (unpaired) electrons. The van der Waals surface area contributed by atoms with Gasteiger partial charge in [0.1, 0.15) is 0 Å². The second-order valence-electron chi connectivity index (χ2n) is 5.26. The van der Waals surface area contributed by atoms with Gasteiger partial charge >= 0.3 is 12.1 Å². The Labute approximate surface area is 87.8 Å². The summed E-state index contributed by atoms with van der Waals surface area (Å²) in [5.74, 6) is -1.23. The van der Waals surface area contributed by atoms with Crippen LogP contribution in [-0.2, 0) is 9.53 Å². The molecule has 0 N–H and O–H groups in total. The van der Waals surface area contributed by atoms with Crippen LogP contribution < -0.4 is 0 Å². The molecule has 0 aromatic carbocycles. The van der Waals surface area contributed by atoms with Gasteiger partial charge in [0.25, 0.3) is 0 Å². The van der Waals surface area contributed by atoms with Crippen molar-refractivity contribution in [2.24, 2.45) is 10.8 Å². The van der Waals surface area contributed by atoms with E-state index in [1.807, 2.05) is 0 Å². The van der Waals surface area contributed by atoms with E-state index in [4.69, 9.17) is 0 Å². The van der Waals surface area contributed by atoms with Crippen molar-refractivity contribution < 1.29 is 22.7 Å². The van der Waals surface area contributed by atoms with Crippen molar-refractivity contribution in [1.29, 1.82) is 0 Å². The Bertz CT molecular complexity index is 236. The van der Waals surface area contributed by atoms with Gasteiger partial charge in [0.2, 0.25) is 0 Å². The fraction of sp³-hybridized carbons (Fsp3) is 0.900. The summed E-state index contributed by atoms with van der Waals surface area (Å²) in [5, 5.41) is 0. The van der Waals surface area contributed by atoms with E-state index in [-0.39, 0.29) is 12.0 Å². The van der Waals surface area contributed by atoms with E-state index in [0.717, 1.165) is 13.8 Å². The minimum Gasteiger partial charge on any atom is -0.464 e. The molecular formula is C10H17F3O2. The predicted molar refractivity (Wildman–Crippen MR) is 50.3 cm³/mol. The molecule has 0 atom stereocenters. The number of halogens is 3. The van der Waals surface area contributed by atoms with Gasteiger partial charge in [-0.1, -0.05) is 20.8 Å². The average molecular weight is 226 g/mol. The fourth-order valence-corrected chi connectivity index (χ4v) is 0.578. The molecule has 0 fully saturated rings. The minimum absolute atomic E-state index is 0.0225. The van der Waals surface area contributed by atoms with Crippen LogP contribution in [0.3, 0.4) is 0 Å². The lowest BCUT2D eigenvalue weighted by atomic mass is 9.92. The second-order valence-corrected chi connectivity index (χ2v) is 5.26. The van der Waals surface area contributed by atoms with Gasteiger partial charge in [-0.05, 0) is 19.3 Å². The molecule has 0 bridgehead atoms. The summed E-state index contributed by atoms with van der Waals surface area (Å²) in [4.78, 5) is 11.2. The zero-order valence-electron chi connectivity index (χ0n) is 9.66. The molecule has 5 heteroatoms. The van der Waals surface area contributed by atoms with Crippen molar-refractivity contribution in [3.8, 4) is 0 Å². The Balaban J connectivity index is 4.47. The van der Waals surface area contributed by atoms with Crippen LogP contribution in [-0.4, -0.2) is 18.8 Å². The number of ether oxygens (including phenoxy) is 1. The molecule has 0 spiro atoms. The first-order valence-electron chi connectivity index (χ1n) is 4.62. The van der Waals surface area contributed by atoms with Crippen molar-refractivity contribution in [2.75, 3.05) is 6.61 Å². The highest BCUT2D eigenvalue weighted by Crippen LogP contribution is 2.38.